The van der Waals surface area contributed by atoms with E-state index in [9.17, 15) is 5.26 Å². The molecule has 0 aromatic heterocycles. The Morgan fingerprint density at radius 3 is 2.32 bits per heavy atom. The standard InChI is InChI=1S/C18H19N/c1-13(2)16-9-7-15(8-10-16)11-17-6-4-5-14(3)18(17)12-19/h4-10,13H,11H2,1-3H3. The van der Waals surface area contributed by atoms with Gasteiger partial charge in [0.1, 0.15) is 0 Å². The zero-order valence-corrected chi connectivity index (χ0v) is 11.8. The van der Waals surface area contributed by atoms with E-state index in [1.807, 2.05) is 25.1 Å². The monoisotopic (exact) mass is 249 g/mol. The van der Waals surface area contributed by atoms with E-state index >= 15 is 0 Å². The first-order valence-corrected chi connectivity index (χ1v) is 6.69. The highest BCUT2D eigenvalue weighted by Gasteiger charge is 2.06. The molecule has 0 unspecified atom stereocenters. The average molecular weight is 249 g/mol. The topological polar surface area (TPSA) is 23.8 Å². The molecule has 0 aliphatic carbocycles. The van der Waals surface area contributed by atoms with Crippen LogP contribution in [-0.4, -0.2) is 0 Å². The van der Waals surface area contributed by atoms with Gasteiger partial charge in [-0.1, -0.05) is 56.3 Å². The fourth-order valence-corrected chi connectivity index (χ4v) is 2.28. The Morgan fingerprint density at radius 2 is 1.74 bits per heavy atom. The van der Waals surface area contributed by atoms with Crippen LogP contribution in [0, 0.1) is 18.3 Å². The van der Waals surface area contributed by atoms with Gasteiger partial charge in [0.2, 0.25) is 0 Å². The van der Waals surface area contributed by atoms with E-state index in [1.165, 1.54) is 11.1 Å². The first-order valence-electron chi connectivity index (χ1n) is 6.69. The minimum atomic E-state index is 0.558. The van der Waals surface area contributed by atoms with Crippen molar-refractivity contribution >= 4 is 0 Å². The largest absolute Gasteiger partial charge is 0.192 e. The molecule has 2 rings (SSSR count). The Bertz CT molecular complexity index is 601. The zero-order chi connectivity index (χ0) is 13.8. The molecule has 19 heavy (non-hydrogen) atoms. The summed E-state index contributed by atoms with van der Waals surface area (Å²) in [6.07, 6.45) is 0.822. The van der Waals surface area contributed by atoms with Crippen LogP contribution in [0.15, 0.2) is 42.5 Å². The Labute approximate surface area is 115 Å². The number of aryl methyl sites for hydroxylation is 1. The molecule has 0 bridgehead atoms. The van der Waals surface area contributed by atoms with Crippen LogP contribution in [0.5, 0.6) is 0 Å². The summed E-state index contributed by atoms with van der Waals surface area (Å²) in [4.78, 5) is 0. The molecule has 0 saturated carbocycles. The quantitative estimate of drug-likeness (QED) is 0.781. The van der Waals surface area contributed by atoms with Crippen LogP contribution in [0.2, 0.25) is 0 Å². The number of rotatable bonds is 3. The summed E-state index contributed by atoms with van der Waals surface area (Å²) in [5.74, 6) is 0.558. The van der Waals surface area contributed by atoms with Gasteiger partial charge < -0.3 is 0 Å². The highest BCUT2D eigenvalue weighted by Crippen LogP contribution is 2.19. The summed E-state index contributed by atoms with van der Waals surface area (Å²) in [5.41, 5.74) is 5.59. The van der Waals surface area contributed by atoms with Gasteiger partial charge in [-0.25, -0.2) is 0 Å². The maximum Gasteiger partial charge on any atom is 0.0997 e. The van der Waals surface area contributed by atoms with Crippen LogP contribution in [0.25, 0.3) is 0 Å². The lowest BCUT2D eigenvalue weighted by Crippen LogP contribution is -1.95. The van der Waals surface area contributed by atoms with Crippen molar-refractivity contribution in [1.29, 1.82) is 5.26 Å². The minimum absolute atomic E-state index is 0.558. The van der Waals surface area contributed by atoms with Crippen molar-refractivity contribution in [2.45, 2.75) is 33.1 Å². The summed E-state index contributed by atoms with van der Waals surface area (Å²) in [6, 6.07) is 17.1. The van der Waals surface area contributed by atoms with E-state index in [0.717, 1.165) is 23.1 Å². The fraction of sp³-hybridized carbons (Fsp3) is 0.278. The molecular formula is C18H19N. The first-order chi connectivity index (χ1) is 9.11. The van der Waals surface area contributed by atoms with Gasteiger partial charge >= 0.3 is 0 Å². The maximum atomic E-state index is 9.24. The van der Waals surface area contributed by atoms with Crippen molar-refractivity contribution in [3.8, 4) is 6.07 Å². The van der Waals surface area contributed by atoms with Crippen LogP contribution in [0.4, 0.5) is 0 Å². The second kappa shape index (κ2) is 5.71. The van der Waals surface area contributed by atoms with Crippen molar-refractivity contribution in [2.24, 2.45) is 0 Å². The molecule has 0 amide bonds. The van der Waals surface area contributed by atoms with Gasteiger partial charge in [-0.2, -0.15) is 5.26 Å². The smallest absolute Gasteiger partial charge is 0.0997 e. The fourth-order valence-electron chi connectivity index (χ4n) is 2.28. The summed E-state index contributed by atoms with van der Waals surface area (Å²) in [6.45, 7) is 6.39. The van der Waals surface area contributed by atoms with Crippen molar-refractivity contribution in [2.75, 3.05) is 0 Å². The van der Waals surface area contributed by atoms with Crippen molar-refractivity contribution in [3.05, 3.63) is 70.3 Å². The SMILES string of the molecule is Cc1cccc(Cc2ccc(C(C)C)cc2)c1C#N. The van der Waals surface area contributed by atoms with Crippen LogP contribution in [-0.2, 0) is 6.42 Å². The normalized spacial score (nSPS) is 10.5. The Morgan fingerprint density at radius 1 is 1.05 bits per heavy atom. The van der Waals surface area contributed by atoms with Crippen LogP contribution >= 0.6 is 0 Å². The number of nitrogens with zero attached hydrogens (tertiary/aromatic N) is 1. The third kappa shape index (κ3) is 3.03. The predicted octanol–water partition coefficient (Wildman–Crippen LogP) is 4.58. The average Bonchev–Trinajstić information content (AvgIpc) is 2.39. The predicted molar refractivity (Wildman–Crippen MR) is 79.2 cm³/mol. The molecule has 1 heteroatoms. The molecular weight excluding hydrogens is 230 g/mol. The van der Waals surface area contributed by atoms with Gasteiger partial charge in [-0.3, -0.25) is 0 Å². The molecule has 0 heterocycles. The van der Waals surface area contributed by atoms with Gasteiger partial charge in [0.05, 0.1) is 11.6 Å². The van der Waals surface area contributed by atoms with Gasteiger partial charge in [0, 0.05) is 0 Å². The van der Waals surface area contributed by atoms with Crippen LogP contribution in [0.3, 0.4) is 0 Å². The maximum absolute atomic E-state index is 9.24. The van der Waals surface area contributed by atoms with E-state index in [0.29, 0.717) is 5.92 Å². The molecule has 0 radical (unpaired) electrons. The molecule has 0 atom stereocenters. The lowest BCUT2D eigenvalue weighted by molar-refractivity contribution is 0.865. The van der Waals surface area contributed by atoms with Gasteiger partial charge in [-0.05, 0) is 41.5 Å². The van der Waals surface area contributed by atoms with Crippen molar-refractivity contribution < 1.29 is 0 Å². The van der Waals surface area contributed by atoms with Gasteiger partial charge in [-0.15, -0.1) is 0 Å². The van der Waals surface area contributed by atoms with E-state index in [4.69, 9.17) is 0 Å². The second-order valence-corrected chi connectivity index (χ2v) is 5.29. The number of hydrogen-bond donors (Lipinski definition) is 0. The second-order valence-electron chi connectivity index (χ2n) is 5.29. The third-order valence-electron chi connectivity index (χ3n) is 3.51. The summed E-state index contributed by atoms with van der Waals surface area (Å²) >= 11 is 0. The highest BCUT2D eigenvalue weighted by atomic mass is 14.3. The molecule has 0 saturated heterocycles. The zero-order valence-electron chi connectivity index (χ0n) is 11.8. The molecule has 96 valence electrons. The number of benzene rings is 2. The molecule has 0 aliphatic rings. The first kappa shape index (κ1) is 13.4. The third-order valence-corrected chi connectivity index (χ3v) is 3.51. The Hall–Kier alpha value is -2.07. The molecule has 0 aliphatic heterocycles. The van der Waals surface area contributed by atoms with E-state index in [1.54, 1.807) is 0 Å². The van der Waals surface area contributed by atoms with E-state index in [2.05, 4.69) is 44.2 Å². The Kier molecular flexibility index (Phi) is 4.02. The molecule has 2 aromatic rings. The molecule has 0 spiro atoms. The molecule has 1 nitrogen and oxygen atoms in total. The number of nitriles is 1. The summed E-state index contributed by atoms with van der Waals surface area (Å²) in [7, 11) is 0. The van der Waals surface area contributed by atoms with Gasteiger partial charge in [0.15, 0.2) is 0 Å². The summed E-state index contributed by atoms with van der Waals surface area (Å²) < 4.78 is 0. The van der Waals surface area contributed by atoms with Crippen LogP contribution in [0.1, 0.15) is 47.6 Å². The molecule has 0 fully saturated rings. The van der Waals surface area contributed by atoms with Gasteiger partial charge in [0.25, 0.3) is 0 Å². The minimum Gasteiger partial charge on any atom is -0.192 e. The van der Waals surface area contributed by atoms with E-state index in [-0.39, 0.29) is 0 Å². The van der Waals surface area contributed by atoms with E-state index < -0.39 is 0 Å². The van der Waals surface area contributed by atoms with Crippen molar-refractivity contribution in [1.82, 2.24) is 0 Å². The Balaban J connectivity index is 2.27. The number of hydrogen-bond acceptors (Lipinski definition) is 1. The molecule has 2 aromatic carbocycles. The lowest BCUT2D eigenvalue weighted by atomic mass is 9.95. The van der Waals surface area contributed by atoms with Crippen molar-refractivity contribution in [3.63, 3.8) is 0 Å². The summed E-state index contributed by atoms with van der Waals surface area (Å²) in [5, 5.41) is 9.24. The van der Waals surface area contributed by atoms with Crippen LogP contribution < -0.4 is 0 Å². The highest BCUT2D eigenvalue weighted by molar-refractivity contribution is 5.45. The lowest BCUT2D eigenvalue weighted by Gasteiger charge is -2.09. The molecule has 0 N–H and O–H groups in total.